The fourth-order valence-electron chi connectivity index (χ4n) is 3.23. The molecule has 0 unspecified atom stereocenters. The lowest BCUT2D eigenvalue weighted by atomic mass is 10.1. The molecule has 0 spiro atoms. The number of nitrogens with zero attached hydrogens (tertiary/aromatic N) is 2. The summed E-state index contributed by atoms with van der Waals surface area (Å²) in [6.45, 7) is 5.27. The Kier molecular flexibility index (Phi) is 6.67. The predicted octanol–water partition coefficient (Wildman–Crippen LogP) is 3.91. The number of benzene rings is 2. The minimum atomic E-state index is -0.0309. The Morgan fingerprint density at radius 1 is 1.18 bits per heavy atom. The van der Waals surface area contributed by atoms with Crippen molar-refractivity contribution in [1.29, 1.82) is 0 Å². The maximum Gasteiger partial charge on any atom is 0.254 e. The van der Waals surface area contributed by atoms with Crippen molar-refractivity contribution in [2.75, 3.05) is 44.8 Å². The van der Waals surface area contributed by atoms with Crippen LogP contribution in [0.2, 0.25) is 0 Å². The van der Waals surface area contributed by atoms with Gasteiger partial charge in [0.25, 0.3) is 5.91 Å². The van der Waals surface area contributed by atoms with Crippen LogP contribution in [0.4, 0.5) is 5.69 Å². The number of rotatable bonds is 6. The summed E-state index contributed by atoms with van der Waals surface area (Å²) in [6, 6.07) is 10.7. The van der Waals surface area contributed by atoms with Gasteiger partial charge in [0.1, 0.15) is 5.75 Å². The number of phenols is 1. The van der Waals surface area contributed by atoms with E-state index in [4.69, 9.17) is 9.47 Å². The monoisotopic (exact) mass is 448 g/mol. The molecule has 0 saturated carbocycles. The average Bonchev–Trinajstić information content (AvgIpc) is 2.72. The molecule has 1 aliphatic heterocycles. The molecule has 1 amide bonds. The first kappa shape index (κ1) is 20.3. The summed E-state index contributed by atoms with van der Waals surface area (Å²) in [5, 5.41) is 9.67. The highest BCUT2D eigenvalue weighted by Crippen LogP contribution is 2.37. The Morgan fingerprint density at radius 2 is 1.93 bits per heavy atom. The van der Waals surface area contributed by atoms with Crippen LogP contribution in [0, 0.1) is 0 Å². The molecular formula is C21H25BrN2O4. The number of phenolic OH excluding ortho intramolecular Hbond substituents is 1. The van der Waals surface area contributed by atoms with E-state index in [1.54, 1.807) is 31.4 Å². The summed E-state index contributed by atoms with van der Waals surface area (Å²) in [4.78, 5) is 17.0. The second kappa shape index (κ2) is 9.19. The van der Waals surface area contributed by atoms with Crippen molar-refractivity contribution in [3.05, 3.63) is 46.4 Å². The molecule has 1 saturated heterocycles. The van der Waals surface area contributed by atoms with E-state index >= 15 is 0 Å². The zero-order chi connectivity index (χ0) is 20.1. The normalized spacial score (nSPS) is 14.1. The molecule has 1 aliphatic rings. The summed E-state index contributed by atoms with van der Waals surface area (Å²) < 4.78 is 11.9. The van der Waals surface area contributed by atoms with Gasteiger partial charge >= 0.3 is 0 Å². The Hall–Kier alpha value is -2.41. The molecule has 0 atom stereocenters. The molecule has 28 heavy (non-hydrogen) atoms. The number of anilines is 1. The van der Waals surface area contributed by atoms with Crippen LogP contribution < -0.4 is 14.4 Å². The molecule has 0 radical (unpaired) electrons. The van der Waals surface area contributed by atoms with Gasteiger partial charge in [0, 0.05) is 43.5 Å². The zero-order valence-corrected chi connectivity index (χ0v) is 17.7. The Bertz CT molecular complexity index is 835. The van der Waals surface area contributed by atoms with Crippen LogP contribution in [0.25, 0.3) is 0 Å². The van der Waals surface area contributed by atoms with Crippen molar-refractivity contribution < 1.29 is 19.4 Å². The first-order valence-corrected chi connectivity index (χ1v) is 10.2. The zero-order valence-electron chi connectivity index (χ0n) is 16.2. The third-order valence-corrected chi connectivity index (χ3v) is 5.28. The fraction of sp³-hybridized carbons (Fsp3) is 0.381. The standard InChI is InChI=1S/C21H25BrN2O4/c1-3-11-28-20-18(22)12-15(13-19(20)27-2)21(26)24-9-7-23(8-10-24)16-5-4-6-17(25)14-16/h4-6,12-14,25H,3,7-11H2,1-2H3. The molecule has 150 valence electrons. The van der Waals surface area contributed by atoms with Gasteiger partial charge in [-0.3, -0.25) is 4.79 Å². The lowest BCUT2D eigenvalue weighted by molar-refractivity contribution is 0.0746. The van der Waals surface area contributed by atoms with Gasteiger partial charge in [-0.05, 0) is 46.6 Å². The van der Waals surface area contributed by atoms with Gasteiger partial charge in [0.2, 0.25) is 0 Å². The highest BCUT2D eigenvalue weighted by Gasteiger charge is 2.24. The first-order valence-electron chi connectivity index (χ1n) is 9.37. The lowest BCUT2D eigenvalue weighted by Crippen LogP contribution is -2.48. The smallest absolute Gasteiger partial charge is 0.254 e. The van der Waals surface area contributed by atoms with E-state index in [1.165, 1.54) is 0 Å². The fourth-order valence-corrected chi connectivity index (χ4v) is 3.78. The summed E-state index contributed by atoms with van der Waals surface area (Å²) >= 11 is 3.50. The minimum absolute atomic E-state index is 0.0309. The third kappa shape index (κ3) is 4.52. The largest absolute Gasteiger partial charge is 0.508 e. The van der Waals surface area contributed by atoms with Gasteiger partial charge in [0.15, 0.2) is 11.5 Å². The number of amides is 1. The topological polar surface area (TPSA) is 62.2 Å². The Balaban J connectivity index is 1.70. The van der Waals surface area contributed by atoms with Crippen LogP contribution in [-0.4, -0.2) is 55.8 Å². The number of hydrogen-bond acceptors (Lipinski definition) is 5. The van der Waals surface area contributed by atoms with Crippen LogP contribution in [0.5, 0.6) is 17.2 Å². The van der Waals surface area contributed by atoms with Gasteiger partial charge in [-0.1, -0.05) is 13.0 Å². The average molecular weight is 449 g/mol. The second-order valence-electron chi connectivity index (χ2n) is 6.64. The number of ether oxygens (including phenoxy) is 2. The van der Waals surface area contributed by atoms with E-state index in [-0.39, 0.29) is 11.7 Å². The Morgan fingerprint density at radius 3 is 2.57 bits per heavy atom. The van der Waals surface area contributed by atoms with Crippen molar-refractivity contribution >= 4 is 27.5 Å². The number of carbonyl (C=O) groups excluding carboxylic acids is 1. The van der Waals surface area contributed by atoms with Gasteiger partial charge < -0.3 is 24.4 Å². The maximum atomic E-state index is 13.0. The van der Waals surface area contributed by atoms with Crippen molar-refractivity contribution in [2.45, 2.75) is 13.3 Å². The second-order valence-corrected chi connectivity index (χ2v) is 7.49. The quantitative estimate of drug-likeness (QED) is 0.725. The maximum absolute atomic E-state index is 13.0. The highest BCUT2D eigenvalue weighted by molar-refractivity contribution is 9.10. The number of piperazine rings is 1. The van der Waals surface area contributed by atoms with Crippen LogP contribution in [0.3, 0.4) is 0 Å². The van der Waals surface area contributed by atoms with E-state index in [1.807, 2.05) is 24.0 Å². The SMILES string of the molecule is CCCOc1c(Br)cc(C(=O)N2CCN(c3cccc(O)c3)CC2)cc1OC. The minimum Gasteiger partial charge on any atom is -0.508 e. The molecule has 7 heteroatoms. The van der Waals surface area contributed by atoms with E-state index in [0.29, 0.717) is 54.3 Å². The van der Waals surface area contributed by atoms with Gasteiger partial charge in [-0.15, -0.1) is 0 Å². The molecule has 1 heterocycles. The lowest BCUT2D eigenvalue weighted by Gasteiger charge is -2.36. The van der Waals surface area contributed by atoms with Gasteiger partial charge in [0.05, 0.1) is 18.2 Å². The number of methoxy groups -OCH3 is 1. The molecule has 1 N–H and O–H groups in total. The van der Waals surface area contributed by atoms with Crippen molar-refractivity contribution in [3.63, 3.8) is 0 Å². The van der Waals surface area contributed by atoms with Crippen molar-refractivity contribution in [1.82, 2.24) is 4.90 Å². The molecule has 0 bridgehead atoms. The van der Waals surface area contributed by atoms with Crippen LogP contribution in [0.15, 0.2) is 40.9 Å². The molecule has 0 aromatic heterocycles. The van der Waals surface area contributed by atoms with Crippen molar-refractivity contribution in [2.24, 2.45) is 0 Å². The number of hydrogen-bond donors (Lipinski definition) is 1. The van der Waals surface area contributed by atoms with E-state index in [0.717, 1.165) is 12.1 Å². The third-order valence-electron chi connectivity index (χ3n) is 4.69. The van der Waals surface area contributed by atoms with E-state index in [9.17, 15) is 9.90 Å². The molecule has 2 aromatic rings. The summed E-state index contributed by atoms with van der Waals surface area (Å²) in [5.74, 6) is 1.38. The molecular weight excluding hydrogens is 424 g/mol. The van der Waals surface area contributed by atoms with Crippen LogP contribution >= 0.6 is 15.9 Å². The molecule has 1 fully saturated rings. The molecule has 2 aromatic carbocycles. The van der Waals surface area contributed by atoms with Crippen molar-refractivity contribution in [3.8, 4) is 17.2 Å². The van der Waals surface area contributed by atoms with Crippen LogP contribution in [0.1, 0.15) is 23.7 Å². The summed E-state index contributed by atoms with van der Waals surface area (Å²) in [6.07, 6.45) is 0.889. The van der Waals surface area contributed by atoms with Crippen LogP contribution in [-0.2, 0) is 0 Å². The van der Waals surface area contributed by atoms with Gasteiger partial charge in [-0.2, -0.15) is 0 Å². The summed E-state index contributed by atoms with van der Waals surface area (Å²) in [7, 11) is 1.57. The molecule has 0 aliphatic carbocycles. The number of aromatic hydroxyl groups is 1. The van der Waals surface area contributed by atoms with E-state index < -0.39 is 0 Å². The Labute approximate surface area is 173 Å². The number of halogens is 1. The number of carbonyl (C=O) groups is 1. The molecule has 3 rings (SSSR count). The molecule has 6 nitrogen and oxygen atoms in total. The summed E-state index contributed by atoms with van der Waals surface area (Å²) in [5.41, 5.74) is 1.53. The first-order chi connectivity index (χ1) is 13.5. The highest BCUT2D eigenvalue weighted by atomic mass is 79.9. The van der Waals surface area contributed by atoms with Gasteiger partial charge in [-0.25, -0.2) is 0 Å². The van der Waals surface area contributed by atoms with E-state index in [2.05, 4.69) is 20.8 Å². The predicted molar refractivity (Wildman–Crippen MR) is 113 cm³/mol.